The first kappa shape index (κ1) is 17.0. The van der Waals surface area contributed by atoms with Crippen molar-refractivity contribution in [2.45, 2.75) is 45.1 Å². The van der Waals surface area contributed by atoms with Crippen molar-refractivity contribution in [1.29, 1.82) is 0 Å². The second-order valence-corrected chi connectivity index (χ2v) is 4.71. The van der Waals surface area contributed by atoms with Crippen molar-refractivity contribution in [1.82, 2.24) is 4.90 Å². The Kier molecular flexibility index (Phi) is 8.94. The summed E-state index contributed by atoms with van der Waals surface area (Å²) >= 11 is 0. The molecule has 0 bridgehead atoms. The highest BCUT2D eigenvalue weighted by molar-refractivity contribution is 14.0. The fraction of sp³-hybridized carbons (Fsp3) is 0.917. The predicted molar refractivity (Wildman–Crippen MR) is 82.8 cm³/mol. The average Bonchev–Trinajstić information content (AvgIpc) is 3.09. The Labute approximate surface area is 122 Å². The molecule has 0 aromatic rings. The van der Waals surface area contributed by atoms with Gasteiger partial charge in [0, 0.05) is 26.2 Å². The highest BCUT2D eigenvalue weighted by Crippen LogP contribution is 2.25. The van der Waals surface area contributed by atoms with E-state index in [4.69, 9.17) is 10.8 Å². The highest BCUT2D eigenvalue weighted by Gasteiger charge is 2.27. The quantitative estimate of drug-likeness (QED) is 0.416. The van der Waals surface area contributed by atoms with E-state index in [9.17, 15) is 0 Å². The molecular weight excluding hydrogens is 329 g/mol. The van der Waals surface area contributed by atoms with Crippen molar-refractivity contribution in [3.05, 3.63) is 0 Å². The van der Waals surface area contributed by atoms with Crippen LogP contribution in [0.25, 0.3) is 0 Å². The molecule has 0 aromatic heterocycles. The Morgan fingerprint density at radius 3 is 2.59 bits per heavy atom. The van der Waals surface area contributed by atoms with E-state index in [0.717, 1.165) is 25.8 Å². The molecule has 0 aliphatic heterocycles. The van der Waals surface area contributed by atoms with Crippen molar-refractivity contribution in [3.8, 4) is 0 Å². The maximum absolute atomic E-state index is 8.95. The van der Waals surface area contributed by atoms with Crippen LogP contribution in [0, 0.1) is 5.92 Å². The summed E-state index contributed by atoms with van der Waals surface area (Å²) in [6, 6.07) is 0.617. The van der Waals surface area contributed by atoms with Crippen molar-refractivity contribution >= 4 is 29.9 Å². The topological polar surface area (TPSA) is 61.9 Å². The van der Waals surface area contributed by atoms with E-state index in [1.807, 2.05) is 7.05 Å². The molecule has 5 heteroatoms. The molecule has 1 saturated carbocycles. The number of aliphatic imine (C=N–C) groups is 1. The molecule has 1 fully saturated rings. The Balaban J connectivity index is 0.00000256. The van der Waals surface area contributed by atoms with Gasteiger partial charge in [0.25, 0.3) is 0 Å². The molecule has 1 unspecified atom stereocenters. The summed E-state index contributed by atoms with van der Waals surface area (Å²) in [7, 11) is 2.01. The summed E-state index contributed by atoms with van der Waals surface area (Å²) in [6.45, 7) is 3.16. The Bertz CT molecular complexity index is 226. The summed E-state index contributed by atoms with van der Waals surface area (Å²) < 4.78 is 0. The molecule has 0 heterocycles. The zero-order valence-electron chi connectivity index (χ0n) is 10.9. The van der Waals surface area contributed by atoms with Gasteiger partial charge in [0.2, 0.25) is 0 Å². The van der Waals surface area contributed by atoms with E-state index in [1.165, 1.54) is 12.8 Å². The smallest absolute Gasteiger partial charge is 0.191 e. The first-order valence-corrected chi connectivity index (χ1v) is 6.32. The van der Waals surface area contributed by atoms with Crippen LogP contribution < -0.4 is 5.73 Å². The number of hydrogen-bond acceptors (Lipinski definition) is 2. The summed E-state index contributed by atoms with van der Waals surface area (Å²) in [4.78, 5) is 6.50. The lowest BCUT2D eigenvalue weighted by Gasteiger charge is -2.18. The molecule has 4 nitrogen and oxygen atoms in total. The zero-order chi connectivity index (χ0) is 12.0. The zero-order valence-corrected chi connectivity index (χ0v) is 13.3. The maximum atomic E-state index is 8.95. The maximum Gasteiger partial charge on any atom is 0.191 e. The van der Waals surface area contributed by atoms with Gasteiger partial charge in [-0.25, -0.2) is 0 Å². The molecule has 1 aliphatic rings. The van der Waals surface area contributed by atoms with Crippen LogP contribution in [0.5, 0.6) is 0 Å². The summed E-state index contributed by atoms with van der Waals surface area (Å²) in [5.74, 6) is 1.13. The lowest BCUT2D eigenvalue weighted by Crippen LogP contribution is -2.36. The SMILES string of the molecule is CCCC(CCO)CN=C(N)N(C)C1CC1.I. The molecule has 102 valence electrons. The third-order valence-corrected chi connectivity index (χ3v) is 3.20. The Hall–Kier alpha value is -0.0400. The van der Waals surface area contributed by atoms with Gasteiger partial charge in [-0.15, -0.1) is 24.0 Å². The molecule has 1 aliphatic carbocycles. The van der Waals surface area contributed by atoms with Crippen LogP contribution in [0.3, 0.4) is 0 Å². The van der Waals surface area contributed by atoms with E-state index < -0.39 is 0 Å². The number of nitrogens with two attached hydrogens (primary N) is 1. The minimum atomic E-state index is 0. The van der Waals surface area contributed by atoms with Crippen LogP contribution in [0.2, 0.25) is 0 Å². The van der Waals surface area contributed by atoms with Gasteiger partial charge in [-0.05, 0) is 31.6 Å². The standard InChI is InChI=1S/C12H25N3O.HI/c1-3-4-10(7-8-16)9-14-12(13)15(2)11-5-6-11;/h10-11,16H,3-9H2,1-2H3,(H2,13,14);1H. The lowest BCUT2D eigenvalue weighted by molar-refractivity contribution is 0.253. The molecular formula is C12H26IN3O. The van der Waals surface area contributed by atoms with Gasteiger partial charge < -0.3 is 15.7 Å². The van der Waals surface area contributed by atoms with Gasteiger partial charge in [-0.3, -0.25) is 4.99 Å². The monoisotopic (exact) mass is 355 g/mol. The number of guanidine groups is 1. The van der Waals surface area contributed by atoms with Crippen molar-refractivity contribution in [2.24, 2.45) is 16.6 Å². The van der Waals surface area contributed by atoms with Gasteiger partial charge in [-0.1, -0.05) is 13.3 Å². The molecule has 3 N–H and O–H groups in total. The number of aliphatic hydroxyl groups excluding tert-OH is 1. The third-order valence-electron chi connectivity index (χ3n) is 3.20. The van der Waals surface area contributed by atoms with Crippen LogP contribution in [-0.4, -0.2) is 42.2 Å². The minimum Gasteiger partial charge on any atom is -0.396 e. The fourth-order valence-corrected chi connectivity index (χ4v) is 1.90. The van der Waals surface area contributed by atoms with Crippen LogP contribution >= 0.6 is 24.0 Å². The average molecular weight is 355 g/mol. The summed E-state index contributed by atoms with van der Waals surface area (Å²) in [5, 5.41) is 8.95. The number of halogens is 1. The number of rotatable bonds is 7. The van der Waals surface area contributed by atoms with Gasteiger partial charge >= 0.3 is 0 Å². The predicted octanol–water partition coefficient (Wildman–Crippen LogP) is 1.81. The number of nitrogens with zero attached hydrogens (tertiary/aromatic N) is 2. The lowest BCUT2D eigenvalue weighted by atomic mass is 10.0. The second kappa shape index (κ2) is 8.97. The van der Waals surface area contributed by atoms with Crippen molar-refractivity contribution in [2.75, 3.05) is 20.2 Å². The third kappa shape index (κ3) is 6.45. The van der Waals surface area contributed by atoms with E-state index in [0.29, 0.717) is 17.9 Å². The van der Waals surface area contributed by atoms with Crippen LogP contribution in [-0.2, 0) is 0 Å². The van der Waals surface area contributed by atoms with Gasteiger partial charge in [-0.2, -0.15) is 0 Å². The first-order chi connectivity index (χ1) is 7.69. The van der Waals surface area contributed by atoms with Crippen molar-refractivity contribution < 1.29 is 5.11 Å². The molecule has 1 atom stereocenters. The molecule has 17 heavy (non-hydrogen) atoms. The molecule has 0 amide bonds. The molecule has 0 spiro atoms. The first-order valence-electron chi connectivity index (χ1n) is 6.32. The molecule has 0 saturated heterocycles. The van der Waals surface area contributed by atoms with E-state index >= 15 is 0 Å². The van der Waals surface area contributed by atoms with Crippen molar-refractivity contribution in [3.63, 3.8) is 0 Å². The van der Waals surface area contributed by atoms with Gasteiger partial charge in [0.05, 0.1) is 0 Å². The van der Waals surface area contributed by atoms with Gasteiger partial charge in [0.15, 0.2) is 5.96 Å². The van der Waals surface area contributed by atoms with Crippen LogP contribution in [0.4, 0.5) is 0 Å². The van der Waals surface area contributed by atoms with E-state index in [-0.39, 0.29) is 30.6 Å². The van der Waals surface area contributed by atoms with E-state index in [2.05, 4.69) is 16.8 Å². The largest absolute Gasteiger partial charge is 0.396 e. The fourth-order valence-electron chi connectivity index (χ4n) is 1.90. The summed E-state index contributed by atoms with van der Waals surface area (Å²) in [6.07, 6.45) is 5.56. The normalized spacial score (nSPS) is 17.5. The minimum absolute atomic E-state index is 0. The van der Waals surface area contributed by atoms with E-state index in [1.54, 1.807) is 0 Å². The second-order valence-electron chi connectivity index (χ2n) is 4.71. The van der Waals surface area contributed by atoms with Gasteiger partial charge in [0.1, 0.15) is 0 Å². The molecule has 0 radical (unpaired) electrons. The number of hydrogen-bond donors (Lipinski definition) is 2. The Morgan fingerprint density at radius 2 is 2.12 bits per heavy atom. The molecule has 1 rings (SSSR count). The van der Waals surface area contributed by atoms with Crippen LogP contribution in [0.1, 0.15) is 39.0 Å². The highest BCUT2D eigenvalue weighted by atomic mass is 127. The Morgan fingerprint density at radius 1 is 1.47 bits per heavy atom. The summed E-state index contributed by atoms with van der Waals surface area (Å²) in [5.41, 5.74) is 5.91. The van der Waals surface area contributed by atoms with Crippen LogP contribution in [0.15, 0.2) is 4.99 Å². The number of aliphatic hydroxyl groups is 1. The molecule has 0 aromatic carbocycles.